The lowest BCUT2D eigenvalue weighted by Gasteiger charge is -2.32. The van der Waals surface area contributed by atoms with Crippen molar-refractivity contribution >= 4 is 23.7 Å². The van der Waals surface area contributed by atoms with Crippen LogP contribution in [0.4, 0.5) is 0 Å². The number of fused-ring (bicyclic) bond motifs is 1. The molecular formula is C10H16ClNS. The van der Waals surface area contributed by atoms with E-state index in [9.17, 15) is 0 Å². The Morgan fingerprint density at radius 2 is 2.23 bits per heavy atom. The second-order valence-electron chi connectivity index (χ2n) is 4.23. The average Bonchev–Trinajstić information content (AvgIpc) is 2.46. The second kappa shape index (κ2) is 3.60. The minimum absolute atomic E-state index is 0. The molecule has 0 amide bonds. The Morgan fingerprint density at radius 1 is 1.54 bits per heavy atom. The average molecular weight is 218 g/mol. The third-order valence-electron chi connectivity index (χ3n) is 2.79. The van der Waals surface area contributed by atoms with Crippen LogP contribution in [0, 0.1) is 0 Å². The molecule has 2 N–H and O–H groups in total. The van der Waals surface area contributed by atoms with Crippen LogP contribution >= 0.6 is 23.7 Å². The van der Waals surface area contributed by atoms with Gasteiger partial charge in [-0.1, -0.05) is 13.8 Å². The number of rotatable bonds is 0. The fourth-order valence-electron chi connectivity index (χ4n) is 1.95. The predicted octanol–water partition coefficient (Wildman–Crippen LogP) is 3.24. The molecule has 1 aromatic rings. The monoisotopic (exact) mass is 217 g/mol. The van der Waals surface area contributed by atoms with Crippen molar-refractivity contribution in [3.8, 4) is 0 Å². The first-order chi connectivity index (χ1) is 5.61. The van der Waals surface area contributed by atoms with Gasteiger partial charge >= 0.3 is 0 Å². The van der Waals surface area contributed by atoms with Crippen molar-refractivity contribution in [2.75, 3.05) is 0 Å². The van der Waals surface area contributed by atoms with Gasteiger partial charge in [-0.05, 0) is 35.3 Å². The molecule has 0 aromatic carbocycles. The van der Waals surface area contributed by atoms with Gasteiger partial charge in [0.05, 0.1) is 0 Å². The van der Waals surface area contributed by atoms with E-state index in [-0.39, 0.29) is 12.4 Å². The molecule has 0 saturated heterocycles. The first-order valence-corrected chi connectivity index (χ1v) is 5.33. The summed E-state index contributed by atoms with van der Waals surface area (Å²) in [6.07, 6.45) is 2.36. The molecule has 1 aliphatic rings. The van der Waals surface area contributed by atoms with Gasteiger partial charge in [0.2, 0.25) is 0 Å². The molecule has 1 atom stereocenters. The summed E-state index contributed by atoms with van der Waals surface area (Å²) in [4.78, 5) is 1.50. The molecule has 1 heterocycles. The minimum Gasteiger partial charge on any atom is -0.324 e. The third kappa shape index (κ3) is 1.76. The molecule has 74 valence electrons. The molecule has 13 heavy (non-hydrogen) atoms. The van der Waals surface area contributed by atoms with Gasteiger partial charge in [0.25, 0.3) is 0 Å². The van der Waals surface area contributed by atoms with Crippen molar-refractivity contribution < 1.29 is 0 Å². The first kappa shape index (κ1) is 11.0. The van der Waals surface area contributed by atoms with Gasteiger partial charge in [0.15, 0.2) is 0 Å². The molecule has 0 bridgehead atoms. The number of nitrogens with two attached hydrogens (primary N) is 1. The second-order valence-corrected chi connectivity index (χ2v) is 5.15. The van der Waals surface area contributed by atoms with Crippen LogP contribution in [0.5, 0.6) is 0 Å². The Morgan fingerprint density at radius 3 is 2.85 bits per heavy atom. The van der Waals surface area contributed by atoms with Gasteiger partial charge in [-0.15, -0.1) is 23.7 Å². The Kier molecular flexibility index (Phi) is 3.05. The molecular weight excluding hydrogens is 202 g/mol. The van der Waals surface area contributed by atoms with Crippen LogP contribution in [0.25, 0.3) is 0 Å². The molecule has 1 aromatic heterocycles. The Hall–Kier alpha value is -0.0500. The van der Waals surface area contributed by atoms with Gasteiger partial charge in [-0.3, -0.25) is 0 Å². The lowest BCUT2D eigenvalue weighted by molar-refractivity contribution is 0.405. The predicted molar refractivity (Wildman–Crippen MR) is 60.8 cm³/mol. The fraction of sp³-hybridized carbons (Fsp3) is 0.600. The van der Waals surface area contributed by atoms with E-state index in [0.717, 1.165) is 6.42 Å². The maximum atomic E-state index is 6.02. The van der Waals surface area contributed by atoms with Crippen LogP contribution in [0.15, 0.2) is 11.4 Å². The molecule has 1 nitrogen and oxygen atoms in total. The van der Waals surface area contributed by atoms with E-state index < -0.39 is 0 Å². The van der Waals surface area contributed by atoms with Gasteiger partial charge in [-0.2, -0.15) is 0 Å². The van der Waals surface area contributed by atoms with E-state index in [0.29, 0.717) is 11.5 Å². The Labute approximate surface area is 89.7 Å². The molecule has 1 unspecified atom stereocenters. The highest BCUT2D eigenvalue weighted by Crippen LogP contribution is 2.43. The highest BCUT2D eigenvalue weighted by Gasteiger charge is 2.31. The molecule has 0 saturated carbocycles. The van der Waals surface area contributed by atoms with E-state index in [1.54, 1.807) is 0 Å². The molecule has 0 radical (unpaired) electrons. The molecule has 3 heteroatoms. The van der Waals surface area contributed by atoms with Crippen LogP contribution < -0.4 is 5.73 Å². The van der Waals surface area contributed by atoms with Crippen LogP contribution in [0.1, 0.15) is 43.2 Å². The number of hydrogen-bond donors (Lipinski definition) is 1. The summed E-state index contributed by atoms with van der Waals surface area (Å²) in [5.74, 6) is 0. The van der Waals surface area contributed by atoms with Gasteiger partial charge < -0.3 is 5.73 Å². The standard InChI is InChI=1S/C10H15NS.ClH/c1-10(2)5-3-8(11)7-4-6-12-9(7)10;/h4,6,8H,3,5,11H2,1-2H3;1H. The van der Waals surface area contributed by atoms with E-state index in [1.807, 2.05) is 11.3 Å². The van der Waals surface area contributed by atoms with Crippen molar-refractivity contribution in [1.82, 2.24) is 0 Å². The van der Waals surface area contributed by atoms with Crippen molar-refractivity contribution in [2.45, 2.75) is 38.1 Å². The zero-order valence-electron chi connectivity index (χ0n) is 8.04. The van der Waals surface area contributed by atoms with Gasteiger partial charge in [0.1, 0.15) is 0 Å². The van der Waals surface area contributed by atoms with Crippen LogP contribution in [0.2, 0.25) is 0 Å². The topological polar surface area (TPSA) is 26.0 Å². The summed E-state index contributed by atoms with van der Waals surface area (Å²) in [5, 5.41) is 2.16. The molecule has 0 aliphatic heterocycles. The Bertz CT molecular complexity index is 293. The van der Waals surface area contributed by atoms with Gasteiger partial charge in [0, 0.05) is 10.9 Å². The molecule has 2 rings (SSSR count). The fourth-order valence-corrected chi connectivity index (χ4v) is 3.07. The van der Waals surface area contributed by atoms with Gasteiger partial charge in [-0.25, -0.2) is 0 Å². The summed E-state index contributed by atoms with van der Waals surface area (Å²) >= 11 is 1.86. The Balaban J connectivity index is 0.000000845. The first-order valence-electron chi connectivity index (χ1n) is 4.45. The van der Waals surface area contributed by atoms with Crippen molar-refractivity contribution in [3.05, 3.63) is 21.9 Å². The minimum atomic E-state index is 0. The van der Waals surface area contributed by atoms with Crippen LogP contribution in [0.3, 0.4) is 0 Å². The van der Waals surface area contributed by atoms with E-state index >= 15 is 0 Å². The van der Waals surface area contributed by atoms with E-state index in [2.05, 4.69) is 25.3 Å². The lowest BCUT2D eigenvalue weighted by atomic mass is 9.76. The summed E-state index contributed by atoms with van der Waals surface area (Å²) in [6, 6.07) is 2.48. The molecule has 0 spiro atoms. The van der Waals surface area contributed by atoms with Crippen molar-refractivity contribution in [3.63, 3.8) is 0 Å². The lowest BCUT2D eigenvalue weighted by Crippen LogP contribution is -2.27. The number of thiophene rings is 1. The van der Waals surface area contributed by atoms with Crippen molar-refractivity contribution in [1.29, 1.82) is 0 Å². The quantitative estimate of drug-likeness (QED) is 0.710. The summed E-state index contributed by atoms with van der Waals surface area (Å²) in [6.45, 7) is 4.63. The van der Waals surface area contributed by atoms with Crippen LogP contribution in [-0.2, 0) is 5.41 Å². The highest BCUT2D eigenvalue weighted by atomic mass is 35.5. The maximum Gasteiger partial charge on any atom is 0.0306 e. The summed E-state index contributed by atoms with van der Waals surface area (Å²) in [5.41, 5.74) is 7.76. The van der Waals surface area contributed by atoms with Crippen molar-refractivity contribution in [2.24, 2.45) is 5.73 Å². The summed E-state index contributed by atoms with van der Waals surface area (Å²) in [7, 11) is 0. The third-order valence-corrected chi connectivity index (χ3v) is 4.09. The molecule has 0 fully saturated rings. The SMILES string of the molecule is CC1(C)CCC(N)c2ccsc21.Cl. The normalized spacial score (nSPS) is 24.7. The van der Waals surface area contributed by atoms with E-state index in [1.165, 1.54) is 16.9 Å². The maximum absolute atomic E-state index is 6.02. The number of hydrogen-bond acceptors (Lipinski definition) is 2. The number of halogens is 1. The largest absolute Gasteiger partial charge is 0.324 e. The summed E-state index contributed by atoms with van der Waals surface area (Å²) < 4.78 is 0. The smallest absolute Gasteiger partial charge is 0.0306 e. The van der Waals surface area contributed by atoms with Crippen LogP contribution in [-0.4, -0.2) is 0 Å². The highest BCUT2D eigenvalue weighted by molar-refractivity contribution is 7.10. The molecule has 1 aliphatic carbocycles. The zero-order chi connectivity index (χ0) is 8.77. The van der Waals surface area contributed by atoms with E-state index in [4.69, 9.17) is 5.73 Å². The zero-order valence-corrected chi connectivity index (χ0v) is 9.67.